The molecule has 0 N–H and O–H groups in total. The molecular weight excluding hydrogens is 184 g/mol. The normalized spacial score (nSPS) is 10.8. The number of hydrogen-bond donors (Lipinski definition) is 1. The SMILES string of the molecule is CC=CC(=O)OCCO[SH](=O)=O. The maximum absolute atomic E-state index is 10.6. The number of rotatable bonds is 5. The molecule has 0 aromatic heterocycles. The maximum atomic E-state index is 10.6. The van der Waals surface area contributed by atoms with E-state index in [9.17, 15) is 13.2 Å². The van der Waals surface area contributed by atoms with Crippen LogP contribution in [-0.4, -0.2) is 27.6 Å². The minimum Gasteiger partial charge on any atom is -0.460 e. The molecule has 0 aromatic rings. The Morgan fingerprint density at radius 2 is 2.08 bits per heavy atom. The largest absolute Gasteiger partial charge is 0.460 e. The van der Waals surface area contributed by atoms with Crippen molar-refractivity contribution in [3.8, 4) is 0 Å². The minimum atomic E-state index is -2.85. The van der Waals surface area contributed by atoms with Gasteiger partial charge in [0.05, 0.1) is 0 Å². The fourth-order valence-electron chi connectivity index (χ4n) is 0.438. The number of carbonyl (C=O) groups excluding carboxylic acids is 1. The third kappa shape index (κ3) is 7.23. The van der Waals surface area contributed by atoms with E-state index in [2.05, 4.69) is 8.92 Å². The Morgan fingerprint density at radius 1 is 1.42 bits per heavy atom. The van der Waals surface area contributed by atoms with Gasteiger partial charge in [-0.15, -0.1) is 0 Å². The van der Waals surface area contributed by atoms with Gasteiger partial charge in [0.2, 0.25) is 0 Å². The zero-order valence-electron chi connectivity index (χ0n) is 6.56. The highest BCUT2D eigenvalue weighted by atomic mass is 32.2. The van der Waals surface area contributed by atoms with Crippen LogP contribution >= 0.6 is 0 Å². The van der Waals surface area contributed by atoms with Gasteiger partial charge >= 0.3 is 5.97 Å². The summed E-state index contributed by atoms with van der Waals surface area (Å²) in [6.07, 6.45) is 2.76. The van der Waals surface area contributed by atoms with Crippen molar-refractivity contribution in [1.29, 1.82) is 0 Å². The molecule has 0 atom stereocenters. The molecule has 0 unspecified atom stereocenters. The van der Waals surface area contributed by atoms with Crippen LogP contribution in [-0.2, 0) is 24.7 Å². The Labute approximate surface area is 72.1 Å². The summed E-state index contributed by atoms with van der Waals surface area (Å²) in [7, 11) is -2.85. The number of allylic oxidation sites excluding steroid dienone is 1. The lowest BCUT2D eigenvalue weighted by Crippen LogP contribution is -2.07. The van der Waals surface area contributed by atoms with Crippen molar-refractivity contribution in [2.24, 2.45) is 0 Å². The molecule has 0 saturated heterocycles. The summed E-state index contributed by atoms with van der Waals surface area (Å²) in [6.45, 7) is 1.47. The van der Waals surface area contributed by atoms with Gasteiger partial charge in [-0.1, -0.05) is 6.08 Å². The predicted octanol–water partition coefficient (Wildman–Crippen LogP) is -0.351. The standard InChI is InChI=1S/C6H10O5S/c1-2-3-6(7)10-4-5-11-12(8)9/h2-3,12H,4-5H2,1H3. The topological polar surface area (TPSA) is 69.7 Å². The quantitative estimate of drug-likeness (QED) is 0.280. The lowest BCUT2D eigenvalue weighted by Gasteiger charge is -1.98. The second-order valence-corrected chi connectivity index (χ2v) is 2.43. The van der Waals surface area contributed by atoms with Crippen LogP contribution < -0.4 is 0 Å². The van der Waals surface area contributed by atoms with Crippen molar-refractivity contribution < 1.29 is 22.1 Å². The highest BCUT2D eigenvalue weighted by Gasteiger charge is 1.95. The van der Waals surface area contributed by atoms with Crippen molar-refractivity contribution in [1.82, 2.24) is 0 Å². The first-order chi connectivity index (χ1) is 5.66. The van der Waals surface area contributed by atoms with E-state index in [4.69, 9.17) is 0 Å². The van der Waals surface area contributed by atoms with Crippen molar-refractivity contribution in [2.45, 2.75) is 6.92 Å². The van der Waals surface area contributed by atoms with Gasteiger partial charge in [0.15, 0.2) is 0 Å². The van der Waals surface area contributed by atoms with Gasteiger partial charge in [-0.25, -0.2) is 13.2 Å². The number of esters is 1. The predicted molar refractivity (Wildman–Crippen MR) is 42.0 cm³/mol. The Hall–Kier alpha value is -0.880. The van der Waals surface area contributed by atoms with Crippen LogP contribution in [0.5, 0.6) is 0 Å². The highest BCUT2D eigenvalue weighted by molar-refractivity contribution is 7.67. The summed E-state index contributed by atoms with van der Waals surface area (Å²) in [5.74, 6) is -0.512. The van der Waals surface area contributed by atoms with E-state index in [1.54, 1.807) is 6.92 Å². The molecule has 0 saturated carbocycles. The van der Waals surface area contributed by atoms with Crippen LogP contribution in [0.3, 0.4) is 0 Å². The molecule has 0 heterocycles. The summed E-state index contributed by atoms with van der Waals surface area (Å²) in [5.41, 5.74) is 0. The second kappa shape index (κ2) is 6.81. The average Bonchev–Trinajstić information content (AvgIpc) is 1.98. The summed E-state index contributed by atoms with van der Waals surface area (Å²) in [5, 5.41) is 0. The van der Waals surface area contributed by atoms with E-state index in [1.165, 1.54) is 12.2 Å². The molecule has 5 nitrogen and oxygen atoms in total. The van der Waals surface area contributed by atoms with Gasteiger partial charge in [0.1, 0.15) is 13.2 Å². The second-order valence-electron chi connectivity index (χ2n) is 1.72. The van der Waals surface area contributed by atoms with Gasteiger partial charge < -0.3 is 4.74 Å². The maximum Gasteiger partial charge on any atom is 0.330 e. The molecule has 70 valence electrons. The van der Waals surface area contributed by atoms with Crippen LogP contribution in [0.2, 0.25) is 0 Å². The highest BCUT2D eigenvalue weighted by Crippen LogP contribution is 1.82. The number of hydrogen-bond acceptors (Lipinski definition) is 5. The minimum absolute atomic E-state index is 0.0630. The first kappa shape index (κ1) is 11.1. The lowest BCUT2D eigenvalue weighted by atomic mass is 10.5. The van der Waals surface area contributed by atoms with Crippen molar-refractivity contribution in [3.63, 3.8) is 0 Å². The third-order valence-electron chi connectivity index (χ3n) is 0.827. The fraction of sp³-hybridized carbons (Fsp3) is 0.500. The van der Waals surface area contributed by atoms with Crippen LogP contribution in [0.4, 0.5) is 0 Å². The van der Waals surface area contributed by atoms with Gasteiger partial charge in [-0.2, -0.15) is 0 Å². The fourth-order valence-corrected chi connectivity index (χ4v) is 0.662. The zero-order valence-corrected chi connectivity index (χ0v) is 7.45. The molecule has 0 spiro atoms. The Kier molecular flexibility index (Phi) is 6.31. The van der Waals surface area contributed by atoms with Crippen molar-refractivity contribution in [3.05, 3.63) is 12.2 Å². The average molecular weight is 194 g/mol. The third-order valence-corrected chi connectivity index (χ3v) is 1.22. The molecule has 0 bridgehead atoms. The Bertz CT molecular complexity index is 222. The van der Waals surface area contributed by atoms with E-state index < -0.39 is 17.0 Å². The molecular formula is C6H10O5S. The molecule has 0 aliphatic carbocycles. The van der Waals surface area contributed by atoms with Crippen LogP contribution in [0.15, 0.2) is 12.2 Å². The molecule has 6 heteroatoms. The number of carbonyl (C=O) groups is 1. The summed E-state index contributed by atoms with van der Waals surface area (Å²) >= 11 is 0. The van der Waals surface area contributed by atoms with Gasteiger partial charge in [0.25, 0.3) is 11.0 Å². The van der Waals surface area contributed by atoms with Crippen LogP contribution in [0, 0.1) is 0 Å². The molecule has 0 rings (SSSR count). The smallest absolute Gasteiger partial charge is 0.330 e. The van der Waals surface area contributed by atoms with Gasteiger partial charge in [-0.05, 0) is 6.92 Å². The molecule has 0 fully saturated rings. The molecule has 0 aliphatic rings. The summed E-state index contributed by atoms with van der Waals surface area (Å²) in [6, 6.07) is 0. The Balaban J connectivity index is 3.37. The molecule has 12 heavy (non-hydrogen) atoms. The van der Waals surface area contributed by atoms with Gasteiger partial charge in [0, 0.05) is 6.08 Å². The van der Waals surface area contributed by atoms with E-state index >= 15 is 0 Å². The lowest BCUT2D eigenvalue weighted by molar-refractivity contribution is -0.138. The zero-order chi connectivity index (χ0) is 9.40. The number of ether oxygens (including phenoxy) is 1. The molecule has 0 radical (unpaired) electrons. The summed E-state index contributed by atoms with van der Waals surface area (Å²) in [4.78, 5) is 10.6. The molecule has 0 aromatic carbocycles. The number of thiol groups is 1. The van der Waals surface area contributed by atoms with E-state index in [-0.39, 0.29) is 13.2 Å². The van der Waals surface area contributed by atoms with Crippen molar-refractivity contribution in [2.75, 3.05) is 13.2 Å². The van der Waals surface area contributed by atoms with Crippen LogP contribution in [0.1, 0.15) is 6.92 Å². The van der Waals surface area contributed by atoms with Gasteiger partial charge in [-0.3, -0.25) is 4.18 Å². The Morgan fingerprint density at radius 3 is 2.58 bits per heavy atom. The van der Waals surface area contributed by atoms with E-state index in [0.29, 0.717) is 0 Å². The molecule has 0 amide bonds. The van der Waals surface area contributed by atoms with E-state index in [1.807, 2.05) is 0 Å². The summed E-state index contributed by atoms with van der Waals surface area (Å²) < 4.78 is 28.3. The van der Waals surface area contributed by atoms with E-state index in [0.717, 1.165) is 0 Å². The first-order valence-corrected chi connectivity index (χ1v) is 4.33. The van der Waals surface area contributed by atoms with Crippen LogP contribution in [0.25, 0.3) is 0 Å². The molecule has 0 aliphatic heterocycles. The monoisotopic (exact) mass is 194 g/mol. The van der Waals surface area contributed by atoms with Crippen molar-refractivity contribution >= 4 is 17.0 Å². The first-order valence-electron chi connectivity index (χ1n) is 3.23.